The van der Waals surface area contributed by atoms with E-state index in [0.29, 0.717) is 47.5 Å². The van der Waals surface area contributed by atoms with Crippen LogP contribution in [0.4, 0.5) is 4.39 Å². The second-order valence-electron chi connectivity index (χ2n) is 12.1. The SMILES string of the molecule is COc1cc(C2CCC(c3cc(OC)c(OC)c(OC)c3)O2)cc(C/C=C/N(O)C(=O)C2CCCCC2)c1OCCSc1ccc(F)cc1. The van der Waals surface area contributed by atoms with Crippen molar-refractivity contribution in [2.45, 2.75) is 68.5 Å². The zero-order valence-electron chi connectivity index (χ0n) is 28.6. The van der Waals surface area contributed by atoms with Gasteiger partial charge in [0.25, 0.3) is 5.91 Å². The van der Waals surface area contributed by atoms with E-state index in [4.69, 9.17) is 28.4 Å². The number of carbonyl (C=O) groups is 1. The summed E-state index contributed by atoms with van der Waals surface area (Å²) in [5.41, 5.74) is 2.69. The lowest BCUT2D eigenvalue weighted by Crippen LogP contribution is -2.30. The summed E-state index contributed by atoms with van der Waals surface area (Å²) in [7, 11) is 6.36. The third kappa shape index (κ3) is 9.20. The Hall–Kier alpha value is -3.93. The Balaban J connectivity index is 1.35. The number of amides is 1. The van der Waals surface area contributed by atoms with E-state index < -0.39 is 0 Å². The lowest BCUT2D eigenvalue weighted by Gasteiger charge is -2.23. The van der Waals surface area contributed by atoms with Crippen molar-refractivity contribution in [3.63, 3.8) is 0 Å². The van der Waals surface area contributed by atoms with E-state index in [1.807, 2.05) is 24.3 Å². The van der Waals surface area contributed by atoms with Crippen molar-refractivity contribution in [1.29, 1.82) is 0 Å². The molecule has 0 bridgehead atoms. The Morgan fingerprint density at radius 1 is 0.857 bits per heavy atom. The molecule has 2 fully saturated rings. The number of methoxy groups -OCH3 is 4. The van der Waals surface area contributed by atoms with E-state index in [-0.39, 0.29) is 29.9 Å². The van der Waals surface area contributed by atoms with Gasteiger partial charge in [0.15, 0.2) is 23.0 Å². The van der Waals surface area contributed by atoms with Gasteiger partial charge in [0, 0.05) is 28.3 Å². The Kier molecular flexibility index (Phi) is 13.1. The number of allylic oxidation sites excluding steroid dienone is 1. The molecule has 264 valence electrons. The molecule has 0 aromatic heterocycles. The first-order chi connectivity index (χ1) is 23.8. The highest BCUT2D eigenvalue weighted by Gasteiger charge is 2.31. The van der Waals surface area contributed by atoms with Crippen molar-refractivity contribution in [2.24, 2.45) is 5.92 Å². The minimum absolute atomic E-state index is 0.151. The lowest BCUT2D eigenvalue weighted by atomic mass is 9.88. The van der Waals surface area contributed by atoms with Crippen LogP contribution in [0.15, 0.2) is 65.7 Å². The largest absolute Gasteiger partial charge is 0.493 e. The molecule has 1 N–H and O–H groups in total. The van der Waals surface area contributed by atoms with Crippen LogP contribution in [0.2, 0.25) is 0 Å². The second-order valence-corrected chi connectivity index (χ2v) is 13.3. The number of benzene rings is 3. The molecule has 1 aliphatic carbocycles. The molecule has 1 heterocycles. The normalized spacial score (nSPS) is 18.0. The van der Waals surface area contributed by atoms with Crippen molar-refractivity contribution in [3.8, 4) is 28.7 Å². The summed E-state index contributed by atoms with van der Waals surface area (Å²) in [5, 5.41) is 11.3. The standard InChI is InChI=1S/C38H46FNO8S/c1-43-33-22-27(31-16-17-32(48-31)28-23-34(44-2)37(46-4)35(24-28)45-3)21-26(11-8-18-40(42)38(41)25-9-6-5-7-10-25)36(33)47-19-20-49-30-14-12-29(39)13-15-30/h8,12-15,18,21-25,31-32,42H,5-7,9-11,16-17,19-20H2,1-4H3/b18-8+. The number of hydrogen-bond acceptors (Lipinski definition) is 9. The van der Waals surface area contributed by atoms with Crippen molar-refractivity contribution < 1.29 is 42.8 Å². The fourth-order valence-electron chi connectivity index (χ4n) is 6.48. The highest BCUT2D eigenvalue weighted by molar-refractivity contribution is 7.99. The molecule has 1 aliphatic heterocycles. The average Bonchev–Trinajstić information content (AvgIpc) is 3.64. The molecule has 1 saturated carbocycles. The molecule has 0 spiro atoms. The summed E-state index contributed by atoms with van der Waals surface area (Å²) in [6.45, 7) is 0.379. The van der Waals surface area contributed by atoms with Crippen molar-refractivity contribution in [3.05, 3.63) is 83.3 Å². The predicted octanol–water partition coefficient (Wildman–Crippen LogP) is 8.48. The molecule has 0 radical (unpaired) electrons. The fourth-order valence-corrected chi connectivity index (χ4v) is 7.21. The molecule has 2 atom stereocenters. The van der Waals surface area contributed by atoms with Gasteiger partial charge >= 0.3 is 0 Å². The first-order valence-electron chi connectivity index (χ1n) is 16.7. The number of halogens is 1. The van der Waals surface area contributed by atoms with E-state index in [9.17, 15) is 14.4 Å². The Labute approximate surface area is 292 Å². The molecule has 2 aliphatic rings. The summed E-state index contributed by atoms with van der Waals surface area (Å²) in [6.07, 6.45) is 9.44. The van der Waals surface area contributed by atoms with Crippen molar-refractivity contribution >= 4 is 17.7 Å². The third-order valence-corrected chi connectivity index (χ3v) is 9.98. The Morgan fingerprint density at radius 2 is 1.45 bits per heavy atom. The van der Waals surface area contributed by atoms with Gasteiger partial charge in [0.1, 0.15) is 5.82 Å². The van der Waals surface area contributed by atoms with Gasteiger partial charge < -0.3 is 28.4 Å². The van der Waals surface area contributed by atoms with Gasteiger partial charge in [-0.05, 0) is 91.8 Å². The van der Waals surface area contributed by atoms with Crippen LogP contribution in [0.5, 0.6) is 28.7 Å². The van der Waals surface area contributed by atoms with Crippen LogP contribution in [0.3, 0.4) is 0 Å². The van der Waals surface area contributed by atoms with Crippen LogP contribution >= 0.6 is 11.8 Å². The van der Waals surface area contributed by atoms with Crippen LogP contribution in [-0.4, -0.2) is 57.0 Å². The number of ether oxygens (including phenoxy) is 6. The maximum atomic E-state index is 13.3. The molecule has 2 unspecified atom stereocenters. The zero-order chi connectivity index (χ0) is 34.8. The third-order valence-electron chi connectivity index (χ3n) is 9.00. The maximum absolute atomic E-state index is 13.3. The summed E-state index contributed by atoms with van der Waals surface area (Å²) in [6, 6.07) is 14.2. The van der Waals surface area contributed by atoms with Gasteiger partial charge in [0.05, 0.1) is 47.3 Å². The van der Waals surface area contributed by atoms with Crippen LogP contribution in [0.1, 0.15) is 73.8 Å². The summed E-state index contributed by atoms with van der Waals surface area (Å²) < 4.78 is 48.7. The number of rotatable bonds is 15. The highest BCUT2D eigenvalue weighted by atomic mass is 32.2. The quantitative estimate of drug-likeness (QED) is 0.0727. The minimum atomic E-state index is -0.272. The molecule has 3 aromatic carbocycles. The topological polar surface area (TPSA) is 95.9 Å². The Bertz CT molecular complexity index is 1550. The van der Waals surface area contributed by atoms with E-state index in [1.54, 1.807) is 58.4 Å². The van der Waals surface area contributed by atoms with E-state index >= 15 is 0 Å². The number of thioether (sulfide) groups is 1. The van der Waals surface area contributed by atoms with Crippen LogP contribution in [0, 0.1) is 11.7 Å². The van der Waals surface area contributed by atoms with E-state index in [1.165, 1.54) is 18.3 Å². The smallest absolute Gasteiger partial charge is 0.253 e. The molecule has 1 amide bonds. The number of nitrogens with zero attached hydrogens (tertiary/aromatic N) is 1. The monoisotopic (exact) mass is 695 g/mol. The number of carbonyl (C=O) groups excluding carboxylic acids is 1. The average molecular weight is 696 g/mol. The molecule has 9 nitrogen and oxygen atoms in total. The number of hydrogen-bond donors (Lipinski definition) is 1. The van der Waals surface area contributed by atoms with E-state index in [2.05, 4.69) is 0 Å². The predicted molar refractivity (Wildman–Crippen MR) is 186 cm³/mol. The first-order valence-corrected chi connectivity index (χ1v) is 17.7. The molecule has 1 saturated heterocycles. The van der Waals surface area contributed by atoms with Crippen LogP contribution in [-0.2, 0) is 16.0 Å². The second kappa shape index (κ2) is 17.6. The van der Waals surface area contributed by atoms with Crippen molar-refractivity contribution in [1.82, 2.24) is 5.06 Å². The minimum Gasteiger partial charge on any atom is -0.493 e. The maximum Gasteiger partial charge on any atom is 0.253 e. The van der Waals surface area contributed by atoms with Gasteiger partial charge in [0.2, 0.25) is 5.75 Å². The Morgan fingerprint density at radius 3 is 2.04 bits per heavy atom. The van der Waals surface area contributed by atoms with E-state index in [0.717, 1.165) is 71.6 Å². The highest BCUT2D eigenvalue weighted by Crippen LogP contribution is 2.47. The van der Waals surface area contributed by atoms with Gasteiger partial charge in [-0.1, -0.05) is 25.3 Å². The molecular weight excluding hydrogens is 649 g/mol. The van der Waals surface area contributed by atoms with Gasteiger partial charge in [-0.25, -0.2) is 4.39 Å². The molecule has 49 heavy (non-hydrogen) atoms. The van der Waals surface area contributed by atoms with Crippen LogP contribution < -0.4 is 23.7 Å². The lowest BCUT2D eigenvalue weighted by molar-refractivity contribution is -0.160. The van der Waals surface area contributed by atoms with Gasteiger partial charge in [-0.2, -0.15) is 5.06 Å². The molecule has 3 aromatic rings. The summed E-state index contributed by atoms with van der Waals surface area (Å²) in [4.78, 5) is 13.8. The first kappa shape index (κ1) is 36.4. The summed E-state index contributed by atoms with van der Waals surface area (Å²) >= 11 is 1.57. The molecule has 5 rings (SSSR count). The fraction of sp³-hybridized carbons (Fsp3) is 0.447. The molecule has 11 heteroatoms. The van der Waals surface area contributed by atoms with Gasteiger partial charge in [-0.15, -0.1) is 11.8 Å². The summed E-state index contributed by atoms with van der Waals surface area (Å²) in [5.74, 6) is 2.75. The zero-order valence-corrected chi connectivity index (χ0v) is 29.4. The van der Waals surface area contributed by atoms with Crippen molar-refractivity contribution in [2.75, 3.05) is 40.8 Å². The van der Waals surface area contributed by atoms with Crippen LogP contribution in [0.25, 0.3) is 0 Å². The molecular formula is C38H46FNO8S. The van der Waals surface area contributed by atoms with Gasteiger partial charge in [-0.3, -0.25) is 10.0 Å². The number of hydroxylamine groups is 2.